The molecule has 2 saturated heterocycles. The maximum Gasteiger partial charge on any atom is 0.163 e. The normalized spacial score (nSPS) is 26.8. The number of nitrogens with zero attached hydrogens (tertiary/aromatic N) is 4. The smallest absolute Gasteiger partial charge is 0.163 e. The number of rotatable bonds is 3. The summed E-state index contributed by atoms with van der Waals surface area (Å²) in [6, 6.07) is 6.18. The number of aliphatic hydroxyl groups excluding tert-OH is 1. The lowest BCUT2D eigenvalue weighted by Crippen LogP contribution is -2.46. The third-order valence-corrected chi connectivity index (χ3v) is 5.21. The molecule has 2 aliphatic rings. The summed E-state index contributed by atoms with van der Waals surface area (Å²) in [5, 5.41) is 10.4. The lowest BCUT2D eigenvalue weighted by Gasteiger charge is -2.37. The predicted octanol–water partition coefficient (Wildman–Crippen LogP) is 2.21. The molecule has 6 nitrogen and oxygen atoms in total. The van der Waals surface area contributed by atoms with Crippen molar-refractivity contribution in [2.45, 2.75) is 38.3 Å². The van der Waals surface area contributed by atoms with Gasteiger partial charge in [-0.3, -0.25) is 4.98 Å². The topological polar surface area (TPSA) is 71.4 Å². The van der Waals surface area contributed by atoms with Gasteiger partial charge in [-0.1, -0.05) is 0 Å². The number of pyridine rings is 1. The summed E-state index contributed by atoms with van der Waals surface area (Å²) < 4.78 is 5.64. The number of anilines is 1. The molecular formula is C19H24N4O2. The molecule has 4 rings (SSSR count). The first-order chi connectivity index (χ1) is 12.2. The summed E-state index contributed by atoms with van der Waals surface area (Å²) in [5.41, 5.74) is 1.86. The van der Waals surface area contributed by atoms with Gasteiger partial charge in [0.25, 0.3) is 0 Å². The summed E-state index contributed by atoms with van der Waals surface area (Å²) >= 11 is 0. The standard InChI is InChI=1S/C19H24N4O2/c1-13-10-18(22-19(21-13)14-4-2-7-20-11-14)23-8-3-5-16(23)15-12-25-9-6-17(15)24/h2,4,7,10-11,15-17,24H,3,5-6,8-9,12H2,1H3. The second-order valence-electron chi connectivity index (χ2n) is 6.93. The molecule has 25 heavy (non-hydrogen) atoms. The van der Waals surface area contributed by atoms with Gasteiger partial charge < -0.3 is 14.7 Å². The van der Waals surface area contributed by atoms with E-state index in [4.69, 9.17) is 9.72 Å². The molecule has 0 saturated carbocycles. The van der Waals surface area contributed by atoms with E-state index in [1.165, 1.54) is 0 Å². The van der Waals surface area contributed by atoms with Crippen molar-refractivity contribution in [2.75, 3.05) is 24.7 Å². The van der Waals surface area contributed by atoms with E-state index in [-0.39, 0.29) is 18.1 Å². The highest BCUT2D eigenvalue weighted by atomic mass is 16.5. The van der Waals surface area contributed by atoms with Crippen molar-refractivity contribution in [3.8, 4) is 11.4 Å². The molecule has 3 atom stereocenters. The Kier molecular flexibility index (Phi) is 4.63. The van der Waals surface area contributed by atoms with Gasteiger partial charge in [-0.2, -0.15) is 0 Å². The Balaban J connectivity index is 1.65. The lowest BCUT2D eigenvalue weighted by atomic mass is 9.89. The van der Waals surface area contributed by atoms with Gasteiger partial charge in [0.15, 0.2) is 5.82 Å². The Labute approximate surface area is 147 Å². The molecule has 0 amide bonds. The zero-order valence-electron chi connectivity index (χ0n) is 14.5. The average Bonchev–Trinajstić information content (AvgIpc) is 3.12. The van der Waals surface area contributed by atoms with Crippen LogP contribution in [0, 0.1) is 12.8 Å². The summed E-state index contributed by atoms with van der Waals surface area (Å²) in [7, 11) is 0. The quantitative estimate of drug-likeness (QED) is 0.924. The molecular weight excluding hydrogens is 316 g/mol. The van der Waals surface area contributed by atoms with Crippen molar-refractivity contribution in [1.29, 1.82) is 0 Å². The second kappa shape index (κ2) is 7.06. The summed E-state index contributed by atoms with van der Waals surface area (Å²) in [5.74, 6) is 1.79. The first-order valence-corrected chi connectivity index (χ1v) is 9.01. The van der Waals surface area contributed by atoms with E-state index in [9.17, 15) is 5.11 Å². The highest BCUT2D eigenvalue weighted by molar-refractivity contribution is 5.57. The SMILES string of the molecule is Cc1cc(N2CCCC2C2COCCC2O)nc(-c2cccnc2)n1. The lowest BCUT2D eigenvalue weighted by molar-refractivity contribution is -0.0438. The molecule has 4 heterocycles. The maximum absolute atomic E-state index is 10.4. The second-order valence-corrected chi connectivity index (χ2v) is 6.93. The van der Waals surface area contributed by atoms with E-state index in [1.807, 2.05) is 25.1 Å². The van der Waals surface area contributed by atoms with Crippen LogP contribution in [0.1, 0.15) is 25.0 Å². The molecule has 0 aliphatic carbocycles. The minimum atomic E-state index is -0.292. The van der Waals surface area contributed by atoms with Crippen LogP contribution in [0.3, 0.4) is 0 Å². The van der Waals surface area contributed by atoms with Crippen LogP contribution in [-0.2, 0) is 4.74 Å². The third kappa shape index (κ3) is 3.37. The van der Waals surface area contributed by atoms with Crippen LogP contribution >= 0.6 is 0 Å². The fourth-order valence-corrected chi connectivity index (χ4v) is 3.96. The van der Waals surface area contributed by atoms with Gasteiger partial charge in [-0.05, 0) is 38.3 Å². The molecule has 1 N–H and O–H groups in total. The highest BCUT2D eigenvalue weighted by Gasteiger charge is 2.38. The number of hydrogen-bond acceptors (Lipinski definition) is 6. The van der Waals surface area contributed by atoms with Gasteiger partial charge in [-0.15, -0.1) is 0 Å². The van der Waals surface area contributed by atoms with Crippen molar-refractivity contribution in [3.05, 3.63) is 36.3 Å². The van der Waals surface area contributed by atoms with E-state index >= 15 is 0 Å². The van der Waals surface area contributed by atoms with Crippen molar-refractivity contribution in [3.63, 3.8) is 0 Å². The van der Waals surface area contributed by atoms with Gasteiger partial charge in [0.2, 0.25) is 0 Å². The number of hydrogen-bond donors (Lipinski definition) is 1. The molecule has 0 radical (unpaired) electrons. The van der Waals surface area contributed by atoms with E-state index in [0.29, 0.717) is 19.0 Å². The molecule has 2 fully saturated rings. The van der Waals surface area contributed by atoms with E-state index < -0.39 is 0 Å². The largest absolute Gasteiger partial charge is 0.393 e. The fraction of sp³-hybridized carbons (Fsp3) is 0.526. The van der Waals surface area contributed by atoms with E-state index in [0.717, 1.165) is 42.9 Å². The molecule has 132 valence electrons. The molecule has 0 spiro atoms. The van der Waals surface area contributed by atoms with Gasteiger partial charge >= 0.3 is 0 Å². The van der Waals surface area contributed by atoms with Crippen LogP contribution in [0.15, 0.2) is 30.6 Å². The zero-order valence-corrected chi connectivity index (χ0v) is 14.5. The Morgan fingerprint density at radius 3 is 3.00 bits per heavy atom. The third-order valence-electron chi connectivity index (χ3n) is 5.21. The molecule has 2 aliphatic heterocycles. The van der Waals surface area contributed by atoms with E-state index in [1.54, 1.807) is 12.4 Å². The minimum absolute atomic E-state index is 0.147. The molecule has 6 heteroatoms. The van der Waals surface area contributed by atoms with E-state index in [2.05, 4.69) is 14.9 Å². The monoisotopic (exact) mass is 340 g/mol. The summed E-state index contributed by atoms with van der Waals surface area (Å²) in [6.07, 6.45) is 6.15. The van der Waals surface area contributed by atoms with Crippen LogP contribution in [0.4, 0.5) is 5.82 Å². The van der Waals surface area contributed by atoms with Crippen molar-refractivity contribution < 1.29 is 9.84 Å². The van der Waals surface area contributed by atoms with Crippen LogP contribution in [0.2, 0.25) is 0 Å². The zero-order chi connectivity index (χ0) is 17.2. The number of aliphatic hydroxyl groups is 1. The Hall–Kier alpha value is -2.05. The number of ether oxygens (including phenoxy) is 1. The predicted molar refractivity (Wildman–Crippen MR) is 95.3 cm³/mol. The van der Waals surface area contributed by atoms with Crippen molar-refractivity contribution in [2.24, 2.45) is 5.92 Å². The molecule has 0 bridgehead atoms. The van der Waals surface area contributed by atoms with Gasteiger partial charge in [0.1, 0.15) is 5.82 Å². The Morgan fingerprint density at radius 2 is 2.20 bits per heavy atom. The average molecular weight is 340 g/mol. The maximum atomic E-state index is 10.4. The number of aryl methyl sites for hydroxylation is 1. The van der Waals surface area contributed by atoms with Gasteiger partial charge in [0, 0.05) is 54.8 Å². The molecule has 2 aromatic heterocycles. The first-order valence-electron chi connectivity index (χ1n) is 9.01. The van der Waals surface area contributed by atoms with Crippen molar-refractivity contribution in [1.82, 2.24) is 15.0 Å². The van der Waals surface area contributed by atoms with Crippen LogP contribution in [0.5, 0.6) is 0 Å². The Bertz CT molecular complexity index is 725. The molecule has 3 unspecified atom stereocenters. The Morgan fingerprint density at radius 1 is 1.28 bits per heavy atom. The molecule has 2 aromatic rings. The highest BCUT2D eigenvalue weighted by Crippen LogP contribution is 2.33. The first kappa shape index (κ1) is 16.4. The van der Waals surface area contributed by atoms with Gasteiger partial charge in [0.05, 0.1) is 12.7 Å². The van der Waals surface area contributed by atoms with Crippen LogP contribution in [0.25, 0.3) is 11.4 Å². The fourth-order valence-electron chi connectivity index (χ4n) is 3.96. The van der Waals surface area contributed by atoms with Crippen LogP contribution in [-0.4, -0.2) is 52.0 Å². The summed E-state index contributed by atoms with van der Waals surface area (Å²) in [6.45, 7) is 4.23. The van der Waals surface area contributed by atoms with Gasteiger partial charge in [-0.25, -0.2) is 9.97 Å². The molecule has 0 aromatic carbocycles. The number of aromatic nitrogens is 3. The van der Waals surface area contributed by atoms with Crippen molar-refractivity contribution >= 4 is 5.82 Å². The minimum Gasteiger partial charge on any atom is -0.393 e. The van der Waals surface area contributed by atoms with Crippen LogP contribution < -0.4 is 4.90 Å². The summed E-state index contributed by atoms with van der Waals surface area (Å²) in [4.78, 5) is 15.9.